The summed E-state index contributed by atoms with van der Waals surface area (Å²) in [6.45, 7) is 6.48. The zero-order valence-corrected chi connectivity index (χ0v) is 34.8. The molecule has 0 amide bonds. The van der Waals surface area contributed by atoms with Crippen molar-refractivity contribution < 1.29 is 0 Å². The Hall–Kier alpha value is -7.63. The van der Waals surface area contributed by atoms with E-state index in [1.165, 1.54) is 106 Å². The molecule has 0 radical (unpaired) electrons. The number of nitrogens with one attached hydrogen (secondary N) is 1. The number of para-hydroxylation sites is 4. The molecule has 4 aliphatic rings. The highest BCUT2D eigenvalue weighted by atomic mass is 15.2. The van der Waals surface area contributed by atoms with Crippen LogP contribution in [0.2, 0.25) is 0 Å². The minimum absolute atomic E-state index is 0.128. The Morgan fingerprint density at radius 1 is 0.532 bits per heavy atom. The molecule has 0 aliphatic carbocycles. The van der Waals surface area contributed by atoms with Crippen molar-refractivity contribution in [2.45, 2.75) is 20.8 Å². The third-order valence-electron chi connectivity index (χ3n) is 13.8. The van der Waals surface area contributed by atoms with Gasteiger partial charge in [-0.05, 0) is 148 Å². The van der Waals surface area contributed by atoms with Gasteiger partial charge < -0.3 is 25.2 Å². The van der Waals surface area contributed by atoms with E-state index in [9.17, 15) is 0 Å². The summed E-state index contributed by atoms with van der Waals surface area (Å²) in [7, 11) is 0. The zero-order valence-electron chi connectivity index (χ0n) is 34.8. The van der Waals surface area contributed by atoms with Gasteiger partial charge in [0.25, 0.3) is 0 Å². The van der Waals surface area contributed by atoms with E-state index in [1.807, 2.05) is 6.08 Å². The first-order valence-electron chi connectivity index (χ1n) is 21.6. The van der Waals surface area contributed by atoms with Gasteiger partial charge >= 0.3 is 13.7 Å². The maximum absolute atomic E-state index is 6.16. The molecule has 1 aromatic heterocycles. The molecule has 5 nitrogen and oxygen atoms in total. The van der Waals surface area contributed by atoms with E-state index in [0.717, 1.165) is 22.6 Å². The number of hydrogen-bond acceptors (Lipinski definition) is 4. The number of fused-ring (bicyclic) bond motifs is 9. The van der Waals surface area contributed by atoms with Gasteiger partial charge in [0.2, 0.25) is 0 Å². The summed E-state index contributed by atoms with van der Waals surface area (Å²) in [5, 5.41) is 5.50. The van der Waals surface area contributed by atoms with E-state index in [0.29, 0.717) is 0 Å². The first kappa shape index (κ1) is 35.2. The SMILES string of the molecule is Cc1cc(C)c(-c2cc3c(c4c2N(c2ccccc2)c2cccc5c2B4n2ccc4cccc-5c42)B2Nc4c(/C=C\N)cccc4-c4cccc(c42)N3c2ccccc2)c(C)c1. The maximum Gasteiger partial charge on any atom is 0.332 e. The van der Waals surface area contributed by atoms with Gasteiger partial charge in [-0.15, -0.1) is 0 Å². The molecule has 0 bridgehead atoms. The number of nitrogens with two attached hydrogens (primary N) is 1. The summed E-state index contributed by atoms with van der Waals surface area (Å²) in [5.41, 5.74) is 33.1. The minimum Gasteiger partial charge on any atom is -0.419 e. The van der Waals surface area contributed by atoms with Gasteiger partial charge in [-0.3, -0.25) is 0 Å². The second-order valence-corrected chi connectivity index (χ2v) is 17.3. The Kier molecular flexibility index (Phi) is 7.34. The van der Waals surface area contributed by atoms with E-state index in [2.05, 4.69) is 204 Å². The number of anilines is 7. The molecule has 0 atom stereocenters. The normalized spacial score (nSPS) is 13.7. The lowest BCUT2D eigenvalue weighted by molar-refractivity contribution is 1.22. The molecule has 5 heterocycles. The Balaban J connectivity index is 1.26. The zero-order chi connectivity index (χ0) is 41.4. The van der Waals surface area contributed by atoms with Gasteiger partial charge in [-0.1, -0.05) is 115 Å². The third-order valence-corrected chi connectivity index (χ3v) is 13.8. The Morgan fingerprint density at radius 2 is 1.16 bits per heavy atom. The molecule has 8 aromatic carbocycles. The largest absolute Gasteiger partial charge is 0.419 e. The molecule has 3 N–H and O–H groups in total. The fourth-order valence-electron chi connectivity index (χ4n) is 11.7. The van der Waals surface area contributed by atoms with Crippen molar-refractivity contribution in [2.24, 2.45) is 5.73 Å². The van der Waals surface area contributed by atoms with E-state index in [-0.39, 0.29) is 13.7 Å². The van der Waals surface area contributed by atoms with Gasteiger partial charge in [-0.25, -0.2) is 0 Å². The van der Waals surface area contributed by atoms with Crippen LogP contribution < -0.4 is 42.6 Å². The van der Waals surface area contributed by atoms with Crippen LogP contribution >= 0.6 is 0 Å². The topological polar surface area (TPSA) is 49.5 Å². The van der Waals surface area contributed by atoms with E-state index in [1.54, 1.807) is 6.20 Å². The Labute approximate surface area is 362 Å². The molecule has 7 heteroatoms. The quantitative estimate of drug-likeness (QED) is 0.174. The van der Waals surface area contributed by atoms with Gasteiger partial charge in [0.15, 0.2) is 0 Å². The van der Waals surface area contributed by atoms with Crippen molar-refractivity contribution in [2.75, 3.05) is 15.0 Å². The van der Waals surface area contributed by atoms with Crippen molar-refractivity contribution in [1.29, 1.82) is 0 Å². The van der Waals surface area contributed by atoms with E-state index in [4.69, 9.17) is 5.73 Å². The van der Waals surface area contributed by atoms with E-state index < -0.39 is 0 Å². The second-order valence-electron chi connectivity index (χ2n) is 17.3. The highest BCUT2D eigenvalue weighted by Crippen LogP contribution is 2.51. The molecule has 0 saturated carbocycles. The lowest BCUT2D eigenvalue weighted by atomic mass is 9.35. The molecule has 292 valence electrons. The summed E-state index contributed by atoms with van der Waals surface area (Å²) in [4.78, 5) is 5.13. The fraction of sp³-hybridized carbons (Fsp3) is 0.0545. The van der Waals surface area contributed by atoms with Crippen LogP contribution in [0.4, 0.5) is 39.8 Å². The molecule has 0 unspecified atom stereocenters. The summed E-state index contributed by atoms with van der Waals surface area (Å²) in [5.74, 6) is 0. The summed E-state index contributed by atoms with van der Waals surface area (Å²) < 4.78 is 2.59. The van der Waals surface area contributed by atoms with Crippen LogP contribution in [0.3, 0.4) is 0 Å². The summed E-state index contributed by atoms with van der Waals surface area (Å²) >= 11 is 0. The molecule has 4 aliphatic heterocycles. The Bertz CT molecular complexity index is 3380. The molecule has 62 heavy (non-hydrogen) atoms. The minimum atomic E-state index is -0.187. The fourth-order valence-corrected chi connectivity index (χ4v) is 11.7. The van der Waals surface area contributed by atoms with Crippen molar-refractivity contribution in [3.05, 3.63) is 192 Å². The maximum atomic E-state index is 6.16. The van der Waals surface area contributed by atoms with Crippen LogP contribution in [0, 0.1) is 20.8 Å². The third kappa shape index (κ3) is 4.65. The molecule has 0 saturated heterocycles. The lowest BCUT2D eigenvalue weighted by Gasteiger charge is -2.47. The van der Waals surface area contributed by atoms with Gasteiger partial charge in [-0.2, -0.15) is 0 Å². The monoisotopic (exact) mass is 793 g/mol. The molecular weight excluding hydrogens is 752 g/mol. The summed E-state index contributed by atoms with van der Waals surface area (Å²) in [6, 6.07) is 58.7. The number of nitrogens with zero attached hydrogens (tertiary/aromatic N) is 3. The number of rotatable bonds is 4. The van der Waals surface area contributed by atoms with Crippen LogP contribution in [0.1, 0.15) is 22.3 Å². The van der Waals surface area contributed by atoms with Crippen molar-refractivity contribution >= 4 is 92.3 Å². The number of aryl methyl sites for hydroxylation is 3. The lowest BCUT2D eigenvalue weighted by Crippen LogP contribution is -2.69. The first-order chi connectivity index (χ1) is 30.5. The van der Waals surface area contributed by atoms with Crippen molar-refractivity contribution in [3.8, 4) is 33.4 Å². The predicted octanol–water partition coefficient (Wildman–Crippen LogP) is 10.6. The average molecular weight is 794 g/mol. The molecule has 0 spiro atoms. The van der Waals surface area contributed by atoms with Gasteiger partial charge in [0.05, 0.1) is 5.69 Å². The molecular formula is C55H41B2N5. The highest BCUT2D eigenvalue weighted by Gasteiger charge is 2.50. The number of benzene rings is 8. The van der Waals surface area contributed by atoms with Crippen molar-refractivity contribution in [3.63, 3.8) is 0 Å². The first-order valence-corrected chi connectivity index (χ1v) is 21.6. The van der Waals surface area contributed by atoms with Crippen LogP contribution in [-0.4, -0.2) is 18.2 Å². The molecule has 13 rings (SSSR count). The molecule has 0 fully saturated rings. The Morgan fingerprint density at radius 3 is 1.89 bits per heavy atom. The van der Waals surface area contributed by atoms with E-state index >= 15 is 0 Å². The van der Waals surface area contributed by atoms with Gasteiger partial charge in [0, 0.05) is 56.3 Å². The van der Waals surface area contributed by atoms with Crippen molar-refractivity contribution in [1.82, 2.24) is 4.48 Å². The second kappa shape index (κ2) is 12.9. The average Bonchev–Trinajstić information content (AvgIpc) is 3.73. The van der Waals surface area contributed by atoms with Crippen LogP contribution in [0.15, 0.2) is 170 Å². The van der Waals surface area contributed by atoms with Crippen LogP contribution in [0.5, 0.6) is 0 Å². The number of hydrogen-bond donors (Lipinski definition) is 2. The summed E-state index contributed by atoms with van der Waals surface area (Å²) in [6.07, 6.45) is 6.02. The highest BCUT2D eigenvalue weighted by molar-refractivity contribution is 7.00. The smallest absolute Gasteiger partial charge is 0.332 e. The van der Waals surface area contributed by atoms with Gasteiger partial charge in [0.1, 0.15) is 0 Å². The number of aromatic nitrogens is 1. The van der Waals surface area contributed by atoms with Crippen LogP contribution in [-0.2, 0) is 0 Å². The standard InChI is InChI=1S/C55H41B2N5/c1-33-30-34(2)48(35(3)31-33)44-32-47-51(56-49-40(42-22-10-14-36(26-28-58)53(42)59-56)20-12-24-45(49)61(47)38-16-6-4-7-17-38)52-55(44)62(39-18-8-5-9-19-39)46-25-13-21-41-43-23-11-15-37-27-29-60(54(37)43)57(52)50(41)46/h4-32,59H,58H2,1-3H3/b28-26-. The molecule has 9 aromatic rings. The van der Waals surface area contributed by atoms with Crippen LogP contribution in [0.25, 0.3) is 50.4 Å². The predicted molar refractivity (Wildman–Crippen MR) is 264 cm³/mol.